The minimum absolute atomic E-state index is 0.0514. The number of hydrogen-bond acceptors (Lipinski definition) is 4. The molecule has 0 aliphatic carbocycles. The zero-order valence-electron chi connectivity index (χ0n) is 11.8. The molecule has 0 amide bonds. The molecule has 2 unspecified atom stereocenters. The largest absolute Gasteiger partial charge is 0.464 e. The molecular weight excluding hydrogens is 302 g/mol. The van der Waals surface area contributed by atoms with Crippen molar-refractivity contribution in [3.8, 4) is 0 Å². The molecule has 5 nitrogen and oxygen atoms in total. The Labute approximate surface area is 128 Å². The Morgan fingerprint density at radius 1 is 1.32 bits per heavy atom. The number of rotatable bonds is 2. The second-order valence-electron chi connectivity index (χ2n) is 5.01. The van der Waals surface area contributed by atoms with Gasteiger partial charge >= 0.3 is 0 Å². The third-order valence-corrected chi connectivity index (χ3v) is 4.00. The van der Waals surface area contributed by atoms with E-state index in [2.05, 4.69) is 5.10 Å². The lowest BCUT2D eigenvalue weighted by atomic mass is 10.1. The summed E-state index contributed by atoms with van der Waals surface area (Å²) in [5.41, 5.74) is 1.49. The molecular formula is C15H14FN4OP. The van der Waals surface area contributed by atoms with Crippen LogP contribution in [0.3, 0.4) is 0 Å². The Morgan fingerprint density at radius 3 is 2.86 bits per heavy atom. The quantitative estimate of drug-likeness (QED) is 0.433. The molecule has 7 heteroatoms. The predicted molar refractivity (Wildman–Crippen MR) is 84.7 cm³/mol. The molecule has 0 saturated heterocycles. The van der Waals surface area contributed by atoms with E-state index in [0.29, 0.717) is 11.3 Å². The molecule has 0 fully saturated rings. The first-order valence-electron chi connectivity index (χ1n) is 6.56. The third kappa shape index (κ3) is 2.35. The van der Waals surface area contributed by atoms with Crippen LogP contribution in [0.5, 0.6) is 0 Å². The monoisotopic (exact) mass is 316 g/mol. The summed E-state index contributed by atoms with van der Waals surface area (Å²) >= 11 is 0. The first-order valence-corrected chi connectivity index (χ1v) is 7.14. The van der Waals surface area contributed by atoms with Gasteiger partial charge in [0.05, 0.1) is 12.0 Å². The van der Waals surface area contributed by atoms with Gasteiger partial charge in [-0.25, -0.2) is 4.39 Å². The van der Waals surface area contributed by atoms with E-state index in [1.807, 2.05) is 9.24 Å². The number of furan rings is 1. The molecule has 2 N–H and O–H groups in total. The van der Waals surface area contributed by atoms with Crippen molar-refractivity contribution in [2.75, 3.05) is 0 Å². The standard InChI is InChI=1S/C15H14FN4OP/c1-9-2-5-13(17)20(19-9)14(18)15(16,22)11-3-4-12-10(8-11)6-7-21-12/h2-8,17-18H,22H2,1H3. The fourth-order valence-corrected chi connectivity index (χ4v) is 2.47. The molecule has 22 heavy (non-hydrogen) atoms. The average molecular weight is 316 g/mol. The van der Waals surface area contributed by atoms with Crippen LogP contribution in [0.1, 0.15) is 11.3 Å². The molecule has 112 valence electrons. The Morgan fingerprint density at radius 2 is 2.09 bits per heavy atom. The van der Waals surface area contributed by atoms with E-state index in [4.69, 9.17) is 15.2 Å². The Balaban J connectivity index is 2.09. The SMILES string of the molecule is Cc1ccc(=N)n(C(=N)C(F)(P)c2ccc3occc3c2)n1. The van der Waals surface area contributed by atoms with E-state index in [1.165, 1.54) is 12.3 Å². The molecule has 0 saturated carbocycles. The summed E-state index contributed by atoms with van der Waals surface area (Å²) in [5, 5.41) is 18.6. The topological polar surface area (TPSA) is 78.7 Å². The van der Waals surface area contributed by atoms with E-state index in [-0.39, 0.29) is 11.1 Å². The summed E-state index contributed by atoms with van der Waals surface area (Å²) in [6.07, 6.45) is 1.53. The average Bonchev–Trinajstić information content (AvgIpc) is 2.96. The van der Waals surface area contributed by atoms with Crippen LogP contribution < -0.4 is 5.49 Å². The zero-order chi connectivity index (χ0) is 15.9. The lowest BCUT2D eigenvalue weighted by molar-refractivity contribution is 0.378. The lowest BCUT2D eigenvalue weighted by Gasteiger charge is -2.22. The van der Waals surface area contributed by atoms with Crippen molar-refractivity contribution in [2.24, 2.45) is 0 Å². The molecule has 0 spiro atoms. The fourth-order valence-electron chi connectivity index (χ4n) is 2.17. The third-order valence-electron chi connectivity index (χ3n) is 3.40. The maximum Gasteiger partial charge on any atom is 0.206 e. The van der Waals surface area contributed by atoms with Gasteiger partial charge in [0.15, 0.2) is 5.84 Å². The number of aryl methyl sites for hydroxylation is 1. The highest BCUT2D eigenvalue weighted by molar-refractivity contribution is 7.20. The van der Waals surface area contributed by atoms with Crippen LogP contribution in [-0.2, 0) is 5.41 Å². The van der Waals surface area contributed by atoms with Gasteiger partial charge < -0.3 is 4.42 Å². The summed E-state index contributed by atoms with van der Waals surface area (Å²) < 4.78 is 21.4. The maximum atomic E-state index is 15.2. The fraction of sp³-hybridized carbons (Fsp3) is 0.133. The molecule has 1 aromatic carbocycles. The van der Waals surface area contributed by atoms with Crippen LogP contribution in [-0.4, -0.2) is 15.6 Å². The Kier molecular flexibility index (Phi) is 3.41. The van der Waals surface area contributed by atoms with Crippen molar-refractivity contribution in [3.05, 3.63) is 59.4 Å². The number of benzene rings is 1. The second kappa shape index (κ2) is 5.14. The highest BCUT2D eigenvalue weighted by Gasteiger charge is 2.34. The van der Waals surface area contributed by atoms with Gasteiger partial charge in [-0.05, 0) is 37.3 Å². The molecule has 0 aliphatic rings. The molecule has 2 heterocycles. The van der Waals surface area contributed by atoms with Crippen LogP contribution in [0.25, 0.3) is 11.0 Å². The second-order valence-corrected chi connectivity index (χ2v) is 5.80. The lowest BCUT2D eigenvalue weighted by Crippen LogP contribution is -2.38. The van der Waals surface area contributed by atoms with Crippen LogP contribution >= 0.6 is 9.24 Å². The normalized spacial score (nSPS) is 14.0. The van der Waals surface area contributed by atoms with Crippen molar-refractivity contribution in [1.82, 2.24) is 9.78 Å². The summed E-state index contributed by atoms with van der Waals surface area (Å²) in [4.78, 5) is 0. The number of nitrogens with zero attached hydrogens (tertiary/aromatic N) is 2. The van der Waals surface area contributed by atoms with Gasteiger partial charge in [-0.2, -0.15) is 9.78 Å². The first kappa shape index (κ1) is 14.6. The Hall–Kier alpha value is -2.33. The first-order chi connectivity index (χ1) is 10.4. The Bertz CT molecular complexity index is 928. The molecule has 2 atom stereocenters. The minimum atomic E-state index is -2.16. The molecule has 0 radical (unpaired) electrons. The van der Waals surface area contributed by atoms with Crippen molar-refractivity contribution in [1.29, 1.82) is 10.8 Å². The number of fused-ring (bicyclic) bond motifs is 1. The summed E-state index contributed by atoms with van der Waals surface area (Å²) in [6, 6.07) is 9.71. The highest BCUT2D eigenvalue weighted by Crippen LogP contribution is 2.36. The number of alkyl halides is 1. The maximum absolute atomic E-state index is 15.2. The molecule has 3 rings (SSSR count). The van der Waals surface area contributed by atoms with Gasteiger partial charge in [0, 0.05) is 10.9 Å². The smallest absolute Gasteiger partial charge is 0.206 e. The van der Waals surface area contributed by atoms with Gasteiger partial charge in [0.2, 0.25) is 5.41 Å². The van der Waals surface area contributed by atoms with Crippen LogP contribution in [0.4, 0.5) is 4.39 Å². The van der Waals surface area contributed by atoms with Crippen LogP contribution in [0.15, 0.2) is 47.1 Å². The predicted octanol–water partition coefficient (Wildman–Crippen LogP) is 2.94. The molecule has 0 bridgehead atoms. The molecule has 0 aliphatic heterocycles. The van der Waals surface area contributed by atoms with Crippen molar-refractivity contribution in [3.63, 3.8) is 0 Å². The number of halogens is 1. The van der Waals surface area contributed by atoms with Gasteiger partial charge in [0.25, 0.3) is 0 Å². The van der Waals surface area contributed by atoms with Gasteiger partial charge in [-0.15, -0.1) is 0 Å². The van der Waals surface area contributed by atoms with Crippen molar-refractivity contribution < 1.29 is 8.81 Å². The molecule has 3 aromatic rings. The highest BCUT2D eigenvalue weighted by atomic mass is 31.0. The van der Waals surface area contributed by atoms with E-state index in [9.17, 15) is 0 Å². The molecule has 2 aromatic heterocycles. The van der Waals surface area contributed by atoms with E-state index in [1.54, 1.807) is 37.3 Å². The van der Waals surface area contributed by atoms with Gasteiger partial charge in [0.1, 0.15) is 11.1 Å². The van der Waals surface area contributed by atoms with Crippen molar-refractivity contribution in [2.45, 2.75) is 12.3 Å². The number of aromatic nitrogens is 2. The van der Waals surface area contributed by atoms with E-state index in [0.717, 1.165) is 10.1 Å². The van der Waals surface area contributed by atoms with E-state index < -0.39 is 11.2 Å². The number of hydrogen-bond donors (Lipinski definition) is 2. The summed E-state index contributed by atoms with van der Waals surface area (Å²) in [6.45, 7) is 1.73. The van der Waals surface area contributed by atoms with E-state index >= 15 is 4.39 Å². The van der Waals surface area contributed by atoms with Crippen molar-refractivity contribution >= 4 is 26.0 Å². The summed E-state index contributed by atoms with van der Waals surface area (Å²) in [5.74, 6) is -0.436. The number of nitrogens with one attached hydrogen (secondary N) is 2. The zero-order valence-corrected chi connectivity index (χ0v) is 13.0. The summed E-state index contributed by atoms with van der Waals surface area (Å²) in [7, 11) is 2.04. The minimum Gasteiger partial charge on any atom is -0.464 e. The van der Waals surface area contributed by atoms with Gasteiger partial charge in [-0.3, -0.25) is 10.8 Å². The van der Waals surface area contributed by atoms with Crippen LogP contribution in [0.2, 0.25) is 0 Å². The van der Waals surface area contributed by atoms with Gasteiger partial charge in [-0.1, -0.05) is 15.3 Å². The van der Waals surface area contributed by atoms with Crippen LogP contribution in [0, 0.1) is 17.7 Å².